The van der Waals surface area contributed by atoms with Gasteiger partial charge in [-0.15, -0.1) is 0 Å². The summed E-state index contributed by atoms with van der Waals surface area (Å²) in [4.78, 5) is 23.3. The molecule has 4 fully saturated rings. The molecule has 0 radical (unpaired) electrons. The lowest BCUT2D eigenvalue weighted by Gasteiger charge is -2.56. The predicted octanol–water partition coefficient (Wildman–Crippen LogP) is 1.58. The Bertz CT molecular complexity index is 476. The number of nitrogens with one attached hydrogen (secondary N) is 2. The third kappa shape index (κ3) is 2.47. The van der Waals surface area contributed by atoms with Crippen LogP contribution < -0.4 is 10.7 Å². The van der Waals surface area contributed by atoms with Crippen LogP contribution in [-0.4, -0.2) is 24.1 Å². The van der Waals surface area contributed by atoms with Gasteiger partial charge in [-0.05, 0) is 61.7 Å². The maximum absolute atomic E-state index is 12.2. The van der Waals surface area contributed by atoms with Gasteiger partial charge < -0.3 is 5.32 Å². The van der Waals surface area contributed by atoms with Gasteiger partial charge in [0.1, 0.15) is 5.71 Å². The number of carbonyl (C=O) groups is 2. The summed E-state index contributed by atoms with van der Waals surface area (Å²) in [6, 6.07) is 0. The molecule has 4 bridgehead atoms. The Morgan fingerprint density at radius 3 is 2.29 bits per heavy atom. The lowest BCUT2D eigenvalue weighted by atomic mass is 9.49. The van der Waals surface area contributed by atoms with Crippen LogP contribution in [0.1, 0.15) is 51.4 Å². The van der Waals surface area contributed by atoms with Crippen molar-refractivity contribution in [2.75, 3.05) is 6.54 Å². The highest BCUT2D eigenvalue weighted by Gasteiger charge is 2.50. The topological polar surface area (TPSA) is 70.6 Å². The van der Waals surface area contributed by atoms with Crippen molar-refractivity contribution in [3.63, 3.8) is 0 Å². The maximum atomic E-state index is 12.2. The molecule has 114 valence electrons. The Labute approximate surface area is 124 Å². The second-order valence-corrected chi connectivity index (χ2v) is 7.69. The van der Waals surface area contributed by atoms with E-state index < -0.39 is 0 Å². The smallest absolute Gasteiger partial charge is 0.267 e. The molecule has 0 atom stereocenters. The standard InChI is InChI=1S/C16H23N3O2/c20-14-2-1-13(18-19-14)15(21)17-9-16-6-10-3-11(7-16)5-12(4-10)8-16/h10-12H,1-9H2,(H,17,21)(H,19,20). The molecule has 1 aliphatic heterocycles. The van der Waals surface area contributed by atoms with E-state index in [2.05, 4.69) is 15.8 Å². The highest BCUT2D eigenvalue weighted by molar-refractivity contribution is 6.39. The van der Waals surface area contributed by atoms with E-state index in [-0.39, 0.29) is 11.8 Å². The number of carbonyl (C=O) groups excluding carboxylic acids is 2. The number of hydrazone groups is 1. The molecule has 4 aliphatic carbocycles. The molecule has 2 N–H and O–H groups in total. The number of amides is 2. The van der Waals surface area contributed by atoms with Gasteiger partial charge in [-0.3, -0.25) is 9.59 Å². The SMILES string of the molecule is O=C1CCC(C(=O)NCC23CC4CC(CC(C4)C2)C3)=NN1. The minimum Gasteiger partial charge on any atom is -0.350 e. The largest absolute Gasteiger partial charge is 0.350 e. The first-order valence-corrected chi connectivity index (χ1v) is 8.25. The summed E-state index contributed by atoms with van der Waals surface area (Å²) in [5, 5.41) is 6.98. The molecular weight excluding hydrogens is 266 g/mol. The highest BCUT2D eigenvalue weighted by atomic mass is 16.2. The summed E-state index contributed by atoms with van der Waals surface area (Å²) in [7, 11) is 0. The first-order chi connectivity index (χ1) is 10.1. The van der Waals surface area contributed by atoms with Crippen molar-refractivity contribution < 1.29 is 9.59 Å². The zero-order chi connectivity index (χ0) is 14.4. The second-order valence-electron chi connectivity index (χ2n) is 7.69. The van der Waals surface area contributed by atoms with E-state index in [1.165, 1.54) is 38.5 Å². The monoisotopic (exact) mass is 289 g/mol. The van der Waals surface area contributed by atoms with Gasteiger partial charge in [0.05, 0.1) is 0 Å². The molecule has 2 amide bonds. The molecular formula is C16H23N3O2. The lowest BCUT2D eigenvalue weighted by molar-refractivity contribution is -0.121. The molecule has 5 nitrogen and oxygen atoms in total. The quantitative estimate of drug-likeness (QED) is 0.828. The average molecular weight is 289 g/mol. The Balaban J connectivity index is 1.38. The number of rotatable bonds is 3. The van der Waals surface area contributed by atoms with Gasteiger partial charge in [-0.1, -0.05) is 0 Å². The second kappa shape index (κ2) is 4.82. The minimum absolute atomic E-state index is 0.0919. The molecule has 0 unspecified atom stereocenters. The molecule has 0 saturated heterocycles. The summed E-state index contributed by atoms with van der Waals surface area (Å²) < 4.78 is 0. The molecule has 5 aliphatic rings. The van der Waals surface area contributed by atoms with E-state index in [4.69, 9.17) is 0 Å². The van der Waals surface area contributed by atoms with Crippen LogP contribution in [0.4, 0.5) is 0 Å². The molecule has 5 rings (SSSR count). The Morgan fingerprint density at radius 1 is 1.14 bits per heavy atom. The summed E-state index contributed by atoms with van der Waals surface area (Å²) in [6.45, 7) is 0.794. The summed E-state index contributed by atoms with van der Waals surface area (Å²) >= 11 is 0. The number of hydrogen-bond acceptors (Lipinski definition) is 3. The van der Waals surface area contributed by atoms with Crippen LogP contribution in [0.5, 0.6) is 0 Å². The average Bonchev–Trinajstić information content (AvgIpc) is 2.44. The zero-order valence-electron chi connectivity index (χ0n) is 12.4. The maximum Gasteiger partial charge on any atom is 0.267 e. The van der Waals surface area contributed by atoms with Gasteiger partial charge >= 0.3 is 0 Å². The van der Waals surface area contributed by atoms with Gasteiger partial charge in [0.2, 0.25) is 5.91 Å². The zero-order valence-corrected chi connectivity index (χ0v) is 12.4. The molecule has 5 heteroatoms. The first-order valence-electron chi connectivity index (χ1n) is 8.25. The van der Waals surface area contributed by atoms with E-state index >= 15 is 0 Å². The molecule has 0 aromatic heterocycles. The van der Waals surface area contributed by atoms with Crippen molar-refractivity contribution >= 4 is 17.5 Å². The Morgan fingerprint density at radius 2 is 1.76 bits per heavy atom. The minimum atomic E-state index is -0.104. The van der Waals surface area contributed by atoms with Crippen molar-refractivity contribution in [3.05, 3.63) is 0 Å². The predicted molar refractivity (Wildman–Crippen MR) is 78.4 cm³/mol. The van der Waals surface area contributed by atoms with Crippen LogP contribution in [0.25, 0.3) is 0 Å². The molecule has 0 spiro atoms. The van der Waals surface area contributed by atoms with Crippen molar-refractivity contribution in [1.82, 2.24) is 10.7 Å². The summed E-state index contributed by atoms with van der Waals surface area (Å²) in [5.74, 6) is 2.51. The normalized spacial score (nSPS) is 40.7. The van der Waals surface area contributed by atoms with Crippen molar-refractivity contribution in [1.29, 1.82) is 0 Å². The van der Waals surface area contributed by atoms with E-state index in [1.807, 2.05) is 0 Å². The van der Waals surface area contributed by atoms with Crippen LogP contribution in [0, 0.1) is 23.2 Å². The fourth-order valence-corrected chi connectivity index (χ4v) is 5.51. The van der Waals surface area contributed by atoms with Crippen molar-refractivity contribution in [2.24, 2.45) is 28.3 Å². The van der Waals surface area contributed by atoms with Crippen molar-refractivity contribution in [3.8, 4) is 0 Å². The van der Waals surface area contributed by atoms with Gasteiger partial charge in [0.25, 0.3) is 5.91 Å². The fourth-order valence-electron chi connectivity index (χ4n) is 5.51. The molecule has 0 aromatic rings. The van der Waals surface area contributed by atoms with Gasteiger partial charge in [-0.2, -0.15) is 5.10 Å². The molecule has 4 saturated carbocycles. The van der Waals surface area contributed by atoms with Gasteiger partial charge in [0, 0.05) is 19.4 Å². The van der Waals surface area contributed by atoms with Crippen LogP contribution in [0.2, 0.25) is 0 Å². The lowest BCUT2D eigenvalue weighted by Crippen LogP contribution is -2.52. The van der Waals surface area contributed by atoms with Crippen LogP contribution in [0.3, 0.4) is 0 Å². The number of nitrogens with zero attached hydrogens (tertiary/aromatic N) is 1. The van der Waals surface area contributed by atoms with Crippen LogP contribution in [-0.2, 0) is 9.59 Å². The van der Waals surface area contributed by atoms with Gasteiger partial charge in [-0.25, -0.2) is 5.43 Å². The van der Waals surface area contributed by atoms with Crippen LogP contribution >= 0.6 is 0 Å². The third-order valence-electron chi connectivity index (χ3n) is 5.96. The molecule has 1 heterocycles. The summed E-state index contributed by atoms with van der Waals surface area (Å²) in [6.07, 6.45) is 8.97. The third-order valence-corrected chi connectivity index (χ3v) is 5.96. The summed E-state index contributed by atoms with van der Waals surface area (Å²) in [5.41, 5.74) is 3.22. The molecule has 0 aromatic carbocycles. The van der Waals surface area contributed by atoms with Crippen LogP contribution in [0.15, 0.2) is 5.10 Å². The van der Waals surface area contributed by atoms with E-state index in [1.54, 1.807) is 0 Å². The van der Waals surface area contributed by atoms with Crippen molar-refractivity contribution in [2.45, 2.75) is 51.4 Å². The molecule has 21 heavy (non-hydrogen) atoms. The van der Waals surface area contributed by atoms with E-state index in [0.717, 1.165) is 24.3 Å². The Kier molecular flexibility index (Phi) is 3.05. The Hall–Kier alpha value is -1.39. The number of hydrogen-bond donors (Lipinski definition) is 2. The first kappa shape index (κ1) is 13.3. The van der Waals surface area contributed by atoms with Gasteiger partial charge in [0.15, 0.2) is 0 Å². The highest BCUT2D eigenvalue weighted by Crippen LogP contribution is 2.59. The van der Waals surface area contributed by atoms with E-state index in [9.17, 15) is 9.59 Å². The van der Waals surface area contributed by atoms with E-state index in [0.29, 0.717) is 24.0 Å². The fraction of sp³-hybridized carbons (Fsp3) is 0.812.